The van der Waals surface area contributed by atoms with Crippen molar-refractivity contribution in [1.82, 2.24) is 10.6 Å². The summed E-state index contributed by atoms with van der Waals surface area (Å²) in [4.78, 5) is 0. The summed E-state index contributed by atoms with van der Waals surface area (Å²) in [5.41, 5.74) is 0. The van der Waals surface area contributed by atoms with Gasteiger partial charge in [0.1, 0.15) is 0 Å². The van der Waals surface area contributed by atoms with Crippen molar-refractivity contribution in [2.24, 2.45) is 5.92 Å². The molecule has 15 heavy (non-hydrogen) atoms. The number of ether oxygens (including phenoxy) is 1. The summed E-state index contributed by atoms with van der Waals surface area (Å²) in [5, 5.41) is 6.93. The molecule has 1 aliphatic heterocycles. The average molecular weight is 212 g/mol. The lowest BCUT2D eigenvalue weighted by Crippen LogP contribution is -2.40. The van der Waals surface area contributed by atoms with Gasteiger partial charge in [-0.2, -0.15) is 0 Å². The van der Waals surface area contributed by atoms with Crippen LogP contribution in [-0.2, 0) is 4.74 Å². The Morgan fingerprint density at radius 2 is 2.13 bits per heavy atom. The zero-order valence-electron chi connectivity index (χ0n) is 9.63. The summed E-state index contributed by atoms with van der Waals surface area (Å²) in [6.07, 6.45) is 7.36. The Kier molecular flexibility index (Phi) is 4.90. The van der Waals surface area contributed by atoms with Crippen LogP contribution in [0.3, 0.4) is 0 Å². The van der Waals surface area contributed by atoms with Gasteiger partial charge in [0.05, 0.1) is 12.7 Å². The van der Waals surface area contributed by atoms with Crippen molar-refractivity contribution >= 4 is 0 Å². The maximum absolute atomic E-state index is 5.65. The molecule has 1 atom stereocenters. The molecule has 0 aromatic heterocycles. The van der Waals surface area contributed by atoms with Gasteiger partial charge in [0.2, 0.25) is 0 Å². The number of morpholine rings is 1. The third-order valence-electron chi connectivity index (χ3n) is 3.56. The van der Waals surface area contributed by atoms with Crippen molar-refractivity contribution in [2.75, 3.05) is 32.8 Å². The Labute approximate surface area is 93.0 Å². The molecular weight excluding hydrogens is 188 g/mol. The number of hydrogen-bond donors (Lipinski definition) is 2. The van der Waals surface area contributed by atoms with Gasteiger partial charge in [0, 0.05) is 13.1 Å². The van der Waals surface area contributed by atoms with Gasteiger partial charge in [0.25, 0.3) is 0 Å². The molecule has 3 heteroatoms. The van der Waals surface area contributed by atoms with E-state index < -0.39 is 0 Å². The molecule has 2 aliphatic rings. The van der Waals surface area contributed by atoms with Crippen LogP contribution < -0.4 is 10.6 Å². The van der Waals surface area contributed by atoms with E-state index in [2.05, 4.69) is 10.6 Å². The summed E-state index contributed by atoms with van der Waals surface area (Å²) in [5.74, 6) is 0.954. The summed E-state index contributed by atoms with van der Waals surface area (Å²) < 4.78 is 5.65. The Bertz CT molecular complexity index is 163. The highest BCUT2D eigenvalue weighted by molar-refractivity contribution is 4.71. The third-order valence-corrected chi connectivity index (χ3v) is 3.56. The maximum Gasteiger partial charge on any atom is 0.0712 e. The molecule has 0 aromatic rings. The molecular formula is C12H24N2O. The number of hydrogen-bond acceptors (Lipinski definition) is 3. The summed E-state index contributed by atoms with van der Waals surface area (Å²) >= 11 is 0. The van der Waals surface area contributed by atoms with Gasteiger partial charge in [0.15, 0.2) is 0 Å². The van der Waals surface area contributed by atoms with Crippen LogP contribution in [0.2, 0.25) is 0 Å². The first-order chi connectivity index (χ1) is 7.45. The van der Waals surface area contributed by atoms with Crippen molar-refractivity contribution in [2.45, 2.75) is 38.2 Å². The van der Waals surface area contributed by atoms with Gasteiger partial charge in [-0.3, -0.25) is 0 Å². The van der Waals surface area contributed by atoms with Gasteiger partial charge in [-0.1, -0.05) is 12.8 Å². The molecule has 0 spiro atoms. The van der Waals surface area contributed by atoms with Crippen LogP contribution in [-0.4, -0.2) is 38.9 Å². The fourth-order valence-corrected chi connectivity index (χ4v) is 2.59. The lowest BCUT2D eigenvalue weighted by Gasteiger charge is -2.23. The minimum atomic E-state index is 0.440. The largest absolute Gasteiger partial charge is 0.376 e. The molecule has 1 heterocycles. The van der Waals surface area contributed by atoms with Gasteiger partial charge >= 0.3 is 0 Å². The fourth-order valence-electron chi connectivity index (χ4n) is 2.59. The molecule has 1 aliphatic carbocycles. The SMILES string of the molecule is C1CCC(CNCCC2CNCCO2)C1. The topological polar surface area (TPSA) is 33.3 Å². The van der Waals surface area contributed by atoms with E-state index in [4.69, 9.17) is 4.74 Å². The smallest absolute Gasteiger partial charge is 0.0712 e. The highest BCUT2D eigenvalue weighted by Crippen LogP contribution is 2.23. The van der Waals surface area contributed by atoms with Gasteiger partial charge in [-0.15, -0.1) is 0 Å². The quantitative estimate of drug-likeness (QED) is 0.671. The Morgan fingerprint density at radius 3 is 2.87 bits per heavy atom. The summed E-state index contributed by atoms with van der Waals surface area (Å²) in [6.45, 7) is 5.27. The Balaban J connectivity index is 1.47. The minimum absolute atomic E-state index is 0.440. The van der Waals surface area contributed by atoms with E-state index in [0.29, 0.717) is 6.10 Å². The maximum atomic E-state index is 5.65. The standard InChI is InChI=1S/C12H24N2O/c1-2-4-11(3-1)9-13-6-5-12-10-14-7-8-15-12/h11-14H,1-10H2. The molecule has 2 fully saturated rings. The monoisotopic (exact) mass is 212 g/mol. The summed E-state index contributed by atoms with van der Waals surface area (Å²) in [6, 6.07) is 0. The number of rotatable bonds is 5. The van der Waals surface area contributed by atoms with Crippen molar-refractivity contribution < 1.29 is 4.74 Å². The van der Waals surface area contributed by atoms with E-state index in [-0.39, 0.29) is 0 Å². The predicted octanol–water partition coefficient (Wildman–Crippen LogP) is 1.14. The molecule has 1 saturated carbocycles. The number of nitrogens with one attached hydrogen (secondary N) is 2. The van der Waals surface area contributed by atoms with Crippen molar-refractivity contribution in [3.05, 3.63) is 0 Å². The first kappa shape index (κ1) is 11.4. The first-order valence-electron chi connectivity index (χ1n) is 6.48. The molecule has 2 rings (SSSR count). The minimum Gasteiger partial charge on any atom is -0.376 e. The molecule has 2 N–H and O–H groups in total. The van der Waals surface area contributed by atoms with Gasteiger partial charge < -0.3 is 15.4 Å². The van der Waals surface area contributed by atoms with Crippen LogP contribution in [0.5, 0.6) is 0 Å². The highest BCUT2D eigenvalue weighted by Gasteiger charge is 2.15. The van der Waals surface area contributed by atoms with Crippen LogP contribution in [0.25, 0.3) is 0 Å². The zero-order chi connectivity index (χ0) is 10.3. The van der Waals surface area contributed by atoms with E-state index in [1.54, 1.807) is 0 Å². The zero-order valence-corrected chi connectivity index (χ0v) is 9.63. The van der Waals surface area contributed by atoms with E-state index in [1.807, 2.05) is 0 Å². The van der Waals surface area contributed by atoms with Crippen molar-refractivity contribution in [3.63, 3.8) is 0 Å². The molecule has 0 amide bonds. The molecule has 3 nitrogen and oxygen atoms in total. The van der Waals surface area contributed by atoms with Crippen LogP contribution in [0.15, 0.2) is 0 Å². The van der Waals surface area contributed by atoms with Gasteiger partial charge in [-0.25, -0.2) is 0 Å². The Hall–Kier alpha value is -0.120. The predicted molar refractivity (Wildman–Crippen MR) is 62.1 cm³/mol. The van der Waals surface area contributed by atoms with Gasteiger partial charge in [-0.05, 0) is 38.3 Å². The van der Waals surface area contributed by atoms with Crippen LogP contribution >= 0.6 is 0 Å². The summed E-state index contributed by atoms with van der Waals surface area (Å²) in [7, 11) is 0. The van der Waals surface area contributed by atoms with Crippen LogP contribution in [0.4, 0.5) is 0 Å². The molecule has 0 bridgehead atoms. The van der Waals surface area contributed by atoms with E-state index in [1.165, 1.54) is 32.2 Å². The lowest BCUT2D eigenvalue weighted by molar-refractivity contribution is 0.0238. The fraction of sp³-hybridized carbons (Fsp3) is 1.00. The van der Waals surface area contributed by atoms with Crippen LogP contribution in [0.1, 0.15) is 32.1 Å². The normalized spacial score (nSPS) is 28.4. The Morgan fingerprint density at radius 1 is 1.27 bits per heavy atom. The molecule has 1 unspecified atom stereocenters. The average Bonchev–Trinajstić information content (AvgIpc) is 2.79. The first-order valence-corrected chi connectivity index (χ1v) is 6.48. The van der Waals surface area contributed by atoms with Crippen molar-refractivity contribution in [3.8, 4) is 0 Å². The second kappa shape index (κ2) is 6.46. The van der Waals surface area contributed by atoms with E-state index in [0.717, 1.165) is 38.6 Å². The highest BCUT2D eigenvalue weighted by atomic mass is 16.5. The molecule has 0 aromatic carbocycles. The third kappa shape index (κ3) is 4.09. The van der Waals surface area contributed by atoms with Crippen molar-refractivity contribution in [1.29, 1.82) is 0 Å². The molecule has 0 radical (unpaired) electrons. The van der Waals surface area contributed by atoms with Crippen LogP contribution in [0, 0.1) is 5.92 Å². The van der Waals surface area contributed by atoms with E-state index >= 15 is 0 Å². The molecule has 1 saturated heterocycles. The molecule has 88 valence electrons. The van der Waals surface area contributed by atoms with E-state index in [9.17, 15) is 0 Å². The second-order valence-corrected chi connectivity index (χ2v) is 4.84. The second-order valence-electron chi connectivity index (χ2n) is 4.84. The lowest BCUT2D eigenvalue weighted by atomic mass is 10.1.